The van der Waals surface area contributed by atoms with Gasteiger partial charge in [-0.05, 0) is 64.9 Å². The minimum atomic E-state index is -0.0395. The Balaban J connectivity index is 1.23. The van der Waals surface area contributed by atoms with Gasteiger partial charge in [-0.25, -0.2) is 0 Å². The minimum Gasteiger partial charge on any atom is -0.340 e. The van der Waals surface area contributed by atoms with Crippen molar-refractivity contribution in [2.24, 2.45) is 5.73 Å². The number of carbonyl (C=O) groups is 1. The van der Waals surface area contributed by atoms with Crippen LogP contribution >= 0.6 is 0 Å². The van der Waals surface area contributed by atoms with Crippen molar-refractivity contribution in [1.82, 2.24) is 9.80 Å². The van der Waals surface area contributed by atoms with Gasteiger partial charge in [-0.2, -0.15) is 0 Å². The normalized spacial score (nSPS) is 16.8. The molecule has 0 bridgehead atoms. The zero-order valence-electron chi connectivity index (χ0n) is 21.1. The van der Waals surface area contributed by atoms with E-state index in [0.29, 0.717) is 6.54 Å². The number of amides is 1. The average Bonchev–Trinajstić information content (AvgIpc) is 2.92. The van der Waals surface area contributed by atoms with Crippen LogP contribution in [0.2, 0.25) is 0 Å². The smallest absolute Gasteiger partial charge is 0.239 e. The largest absolute Gasteiger partial charge is 0.340 e. The lowest BCUT2D eigenvalue weighted by Gasteiger charge is -2.41. The SMILES string of the molecule is NCCCC[C@H]1C(=O)N(CCc2ccc3ccccc3c2)CCN1CCc1ccc2ccccc2c1. The molecule has 0 radical (unpaired) electrons. The summed E-state index contributed by atoms with van der Waals surface area (Å²) < 4.78 is 0. The summed E-state index contributed by atoms with van der Waals surface area (Å²) in [5.41, 5.74) is 8.39. The number of carbonyl (C=O) groups excluding carboxylic acids is 1. The van der Waals surface area contributed by atoms with Crippen LogP contribution in [0.4, 0.5) is 0 Å². The van der Waals surface area contributed by atoms with Gasteiger partial charge in [0.15, 0.2) is 0 Å². The molecule has 5 rings (SSSR count). The van der Waals surface area contributed by atoms with Crippen molar-refractivity contribution in [3.05, 3.63) is 96.1 Å². The molecule has 36 heavy (non-hydrogen) atoms. The molecule has 1 amide bonds. The summed E-state index contributed by atoms with van der Waals surface area (Å²) in [4.78, 5) is 18.1. The molecule has 0 unspecified atom stereocenters. The molecule has 4 aromatic rings. The maximum atomic E-state index is 13.6. The van der Waals surface area contributed by atoms with Crippen LogP contribution in [0.15, 0.2) is 84.9 Å². The van der Waals surface area contributed by atoms with Gasteiger partial charge in [0.05, 0.1) is 6.04 Å². The number of rotatable bonds is 10. The quantitative estimate of drug-likeness (QED) is 0.309. The highest BCUT2D eigenvalue weighted by Gasteiger charge is 2.33. The molecule has 0 spiro atoms. The second-order valence-corrected chi connectivity index (χ2v) is 10.0. The first kappa shape index (κ1) is 24.5. The molecule has 0 aliphatic carbocycles. The first-order chi connectivity index (χ1) is 17.7. The molecule has 0 saturated carbocycles. The van der Waals surface area contributed by atoms with E-state index in [1.165, 1.54) is 32.7 Å². The highest BCUT2D eigenvalue weighted by molar-refractivity contribution is 5.84. The lowest BCUT2D eigenvalue weighted by molar-refractivity contribution is -0.142. The number of nitrogens with zero attached hydrogens (tertiary/aromatic N) is 2. The topological polar surface area (TPSA) is 49.6 Å². The second kappa shape index (κ2) is 11.7. The number of benzene rings is 4. The molecule has 4 nitrogen and oxygen atoms in total. The van der Waals surface area contributed by atoms with E-state index in [-0.39, 0.29) is 11.9 Å². The molecule has 2 N–H and O–H groups in total. The Kier molecular flexibility index (Phi) is 7.95. The van der Waals surface area contributed by atoms with E-state index >= 15 is 0 Å². The van der Waals surface area contributed by atoms with Gasteiger partial charge in [-0.15, -0.1) is 0 Å². The van der Waals surface area contributed by atoms with Gasteiger partial charge in [0.2, 0.25) is 5.91 Å². The fourth-order valence-electron chi connectivity index (χ4n) is 5.49. The molecule has 4 aromatic carbocycles. The summed E-state index contributed by atoms with van der Waals surface area (Å²) in [6, 6.07) is 30.3. The van der Waals surface area contributed by atoms with Crippen molar-refractivity contribution >= 4 is 27.5 Å². The number of fused-ring (bicyclic) bond motifs is 2. The molecule has 1 saturated heterocycles. The highest BCUT2D eigenvalue weighted by Crippen LogP contribution is 2.21. The van der Waals surface area contributed by atoms with Crippen molar-refractivity contribution in [3.8, 4) is 0 Å². The maximum Gasteiger partial charge on any atom is 0.239 e. The Bertz CT molecular complexity index is 1320. The number of nitrogens with two attached hydrogens (primary N) is 1. The average molecular weight is 480 g/mol. The zero-order valence-corrected chi connectivity index (χ0v) is 21.1. The summed E-state index contributed by atoms with van der Waals surface area (Å²) in [6.07, 6.45) is 4.71. The van der Waals surface area contributed by atoms with E-state index in [4.69, 9.17) is 5.73 Å². The van der Waals surface area contributed by atoms with Crippen molar-refractivity contribution < 1.29 is 4.79 Å². The van der Waals surface area contributed by atoms with Gasteiger partial charge in [0, 0.05) is 26.2 Å². The molecular weight excluding hydrogens is 442 g/mol. The van der Waals surface area contributed by atoms with Gasteiger partial charge in [0.25, 0.3) is 0 Å². The predicted molar refractivity (Wildman–Crippen MR) is 150 cm³/mol. The molecule has 186 valence electrons. The molecule has 4 heteroatoms. The highest BCUT2D eigenvalue weighted by atomic mass is 16.2. The van der Waals surface area contributed by atoms with E-state index in [2.05, 4.69) is 94.7 Å². The number of hydrogen-bond donors (Lipinski definition) is 1. The third-order valence-corrected chi connectivity index (χ3v) is 7.61. The third kappa shape index (κ3) is 5.77. The van der Waals surface area contributed by atoms with Crippen molar-refractivity contribution in [2.45, 2.75) is 38.1 Å². The first-order valence-electron chi connectivity index (χ1n) is 13.4. The fourth-order valence-corrected chi connectivity index (χ4v) is 5.49. The van der Waals surface area contributed by atoms with Crippen molar-refractivity contribution in [3.63, 3.8) is 0 Å². The predicted octanol–water partition coefficient (Wildman–Crippen LogP) is 5.42. The van der Waals surface area contributed by atoms with Gasteiger partial charge >= 0.3 is 0 Å². The van der Waals surface area contributed by atoms with E-state index in [1.807, 2.05) is 0 Å². The number of unbranched alkanes of at least 4 members (excludes halogenated alkanes) is 1. The van der Waals surface area contributed by atoms with Crippen LogP contribution in [-0.2, 0) is 17.6 Å². The van der Waals surface area contributed by atoms with E-state index < -0.39 is 0 Å². The Morgan fingerprint density at radius 3 is 1.89 bits per heavy atom. The van der Waals surface area contributed by atoms with Gasteiger partial charge in [-0.1, -0.05) is 91.3 Å². The third-order valence-electron chi connectivity index (χ3n) is 7.61. The standard InChI is InChI=1S/C32H37N3O/c33-18-6-5-11-31-32(36)35(20-17-26-13-15-28-8-2-4-10-30(28)24-26)22-21-34(31)19-16-25-12-14-27-7-1-3-9-29(27)23-25/h1-4,7-10,12-15,23-24,31H,5-6,11,16-22,33H2/t31-/m0/s1. The molecule has 1 heterocycles. The molecular formula is C32H37N3O. The zero-order chi connectivity index (χ0) is 24.7. The van der Waals surface area contributed by atoms with Crippen LogP contribution in [0, 0.1) is 0 Å². The summed E-state index contributed by atoms with van der Waals surface area (Å²) in [6.45, 7) is 4.12. The van der Waals surface area contributed by atoms with Crippen LogP contribution in [0.25, 0.3) is 21.5 Å². The second-order valence-electron chi connectivity index (χ2n) is 10.0. The molecule has 0 aromatic heterocycles. The fraction of sp³-hybridized carbons (Fsp3) is 0.344. The number of hydrogen-bond acceptors (Lipinski definition) is 3. The van der Waals surface area contributed by atoms with Gasteiger partial charge in [0.1, 0.15) is 0 Å². The van der Waals surface area contributed by atoms with E-state index in [0.717, 1.165) is 58.3 Å². The lowest BCUT2D eigenvalue weighted by atomic mass is 10.0. The monoisotopic (exact) mass is 479 g/mol. The first-order valence-corrected chi connectivity index (χ1v) is 13.4. The summed E-state index contributed by atoms with van der Waals surface area (Å²) in [5.74, 6) is 0.289. The van der Waals surface area contributed by atoms with Crippen LogP contribution < -0.4 is 5.73 Å². The lowest BCUT2D eigenvalue weighted by Crippen LogP contribution is -2.57. The molecule has 1 aliphatic rings. The van der Waals surface area contributed by atoms with Crippen LogP contribution in [0.3, 0.4) is 0 Å². The Morgan fingerprint density at radius 2 is 1.28 bits per heavy atom. The summed E-state index contributed by atoms with van der Waals surface area (Å²) >= 11 is 0. The number of piperazine rings is 1. The van der Waals surface area contributed by atoms with Crippen molar-refractivity contribution in [1.29, 1.82) is 0 Å². The van der Waals surface area contributed by atoms with Gasteiger partial charge in [-0.3, -0.25) is 9.69 Å². The van der Waals surface area contributed by atoms with Crippen LogP contribution in [0.5, 0.6) is 0 Å². The van der Waals surface area contributed by atoms with Gasteiger partial charge < -0.3 is 10.6 Å². The van der Waals surface area contributed by atoms with Crippen LogP contribution in [-0.4, -0.2) is 54.5 Å². The molecule has 1 atom stereocenters. The Hall–Kier alpha value is -3.21. The molecule has 1 fully saturated rings. The van der Waals surface area contributed by atoms with E-state index in [9.17, 15) is 4.79 Å². The Labute approximate surface area is 214 Å². The maximum absolute atomic E-state index is 13.6. The summed E-state index contributed by atoms with van der Waals surface area (Å²) in [7, 11) is 0. The van der Waals surface area contributed by atoms with Crippen LogP contribution in [0.1, 0.15) is 30.4 Å². The summed E-state index contributed by atoms with van der Waals surface area (Å²) in [5, 5.41) is 5.08. The van der Waals surface area contributed by atoms with E-state index in [1.54, 1.807) is 0 Å². The molecule has 1 aliphatic heterocycles. The van der Waals surface area contributed by atoms with Crippen molar-refractivity contribution in [2.75, 3.05) is 32.7 Å². The Morgan fingerprint density at radius 1 is 0.694 bits per heavy atom. The minimum absolute atomic E-state index is 0.0395.